The molecule has 0 unspecified atom stereocenters. The van der Waals surface area contributed by atoms with Crippen molar-refractivity contribution in [1.82, 2.24) is 9.97 Å². The Hall–Kier alpha value is -2.08. The molecule has 0 saturated heterocycles. The smallest absolute Gasteiger partial charge is 0.163 e. The van der Waals surface area contributed by atoms with E-state index in [4.69, 9.17) is 9.47 Å². The molecule has 1 aliphatic rings. The molecule has 6 nitrogen and oxygen atoms in total. The third-order valence-electron chi connectivity index (χ3n) is 4.52. The number of aliphatic hydroxyl groups is 1. The highest BCUT2D eigenvalue weighted by Crippen LogP contribution is 2.31. The van der Waals surface area contributed by atoms with Crippen LogP contribution in [0.3, 0.4) is 0 Å². The van der Waals surface area contributed by atoms with Crippen molar-refractivity contribution in [3.63, 3.8) is 0 Å². The van der Waals surface area contributed by atoms with Gasteiger partial charge in [0.15, 0.2) is 11.5 Å². The van der Waals surface area contributed by atoms with Gasteiger partial charge in [0.05, 0.1) is 37.6 Å². The Morgan fingerprint density at radius 1 is 1.13 bits per heavy atom. The van der Waals surface area contributed by atoms with E-state index in [-0.39, 0.29) is 6.10 Å². The Bertz CT molecular complexity index is 692. The minimum atomic E-state index is -0.188. The first-order valence-corrected chi connectivity index (χ1v) is 7.94. The van der Waals surface area contributed by atoms with E-state index >= 15 is 0 Å². The molecule has 0 bridgehead atoms. The van der Waals surface area contributed by atoms with Crippen molar-refractivity contribution in [2.75, 3.05) is 19.5 Å². The molecule has 2 N–H and O–H groups in total. The van der Waals surface area contributed by atoms with E-state index in [1.54, 1.807) is 20.4 Å². The topological polar surface area (TPSA) is 76.5 Å². The molecular weight excluding hydrogens is 294 g/mol. The van der Waals surface area contributed by atoms with Gasteiger partial charge in [-0.3, -0.25) is 4.98 Å². The first kappa shape index (κ1) is 15.8. The summed E-state index contributed by atoms with van der Waals surface area (Å²) >= 11 is 0. The zero-order valence-corrected chi connectivity index (χ0v) is 13.7. The van der Waals surface area contributed by atoms with Gasteiger partial charge >= 0.3 is 0 Å². The SMILES string of the molecule is COc1cc2ncc(N[C@@H]3CC[C@@H](O)[C@H](C)C3)nc2cc1OC. The van der Waals surface area contributed by atoms with Crippen molar-refractivity contribution in [3.05, 3.63) is 18.3 Å². The summed E-state index contributed by atoms with van der Waals surface area (Å²) in [6, 6.07) is 3.98. The molecule has 3 rings (SSSR count). The predicted octanol–water partition coefficient (Wildman–Crippen LogP) is 2.61. The molecule has 1 heterocycles. The van der Waals surface area contributed by atoms with Crippen LogP contribution in [-0.4, -0.2) is 41.4 Å². The van der Waals surface area contributed by atoms with Gasteiger partial charge in [-0.1, -0.05) is 6.92 Å². The zero-order chi connectivity index (χ0) is 16.4. The average molecular weight is 317 g/mol. The second kappa shape index (κ2) is 6.58. The molecule has 1 aromatic carbocycles. The number of rotatable bonds is 4. The number of fused-ring (bicyclic) bond motifs is 1. The van der Waals surface area contributed by atoms with Crippen LogP contribution in [-0.2, 0) is 0 Å². The number of nitrogens with one attached hydrogen (secondary N) is 1. The number of aromatic nitrogens is 2. The lowest BCUT2D eigenvalue weighted by Gasteiger charge is -2.31. The van der Waals surface area contributed by atoms with Crippen molar-refractivity contribution in [2.24, 2.45) is 5.92 Å². The van der Waals surface area contributed by atoms with E-state index in [1.807, 2.05) is 12.1 Å². The number of anilines is 1. The minimum Gasteiger partial charge on any atom is -0.493 e. The van der Waals surface area contributed by atoms with Gasteiger partial charge in [-0.25, -0.2) is 4.98 Å². The predicted molar refractivity (Wildman–Crippen MR) is 89.1 cm³/mol. The minimum absolute atomic E-state index is 0.188. The van der Waals surface area contributed by atoms with Crippen LogP contribution >= 0.6 is 0 Å². The summed E-state index contributed by atoms with van der Waals surface area (Å²) in [4.78, 5) is 9.08. The van der Waals surface area contributed by atoms with Crippen LogP contribution in [0, 0.1) is 5.92 Å². The summed E-state index contributed by atoms with van der Waals surface area (Å²) in [6.45, 7) is 2.09. The Kier molecular flexibility index (Phi) is 4.52. The normalized spacial score (nSPS) is 24.4. The number of aliphatic hydroxyl groups excluding tert-OH is 1. The standard InChI is InChI=1S/C17H23N3O3/c1-10-6-11(4-5-14(10)21)19-17-9-18-12-7-15(22-2)16(23-3)8-13(12)20-17/h7-11,14,21H,4-6H2,1-3H3,(H,19,20)/t10-,11-,14-/m1/s1. The molecule has 23 heavy (non-hydrogen) atoms. The first-order chi connectivity index (χ1) is 11.1. The molecule has 0 radical (unpaired) electrons. The molecule has 1 aromatic heterocycles. The summed E-state index contributed by atoms with van der Waals surface area (Å²) in [5, 5.41) is 13.3. The lowest BCUT2D eigenvalue weighted by molar-refractivity contribution is 0.0748. The van der Waals surface area contributed by atoms with Gasteiger partial charge in [-0.15, -0.1) is 0 Å². The monoisotopic (exact) mass is 317 g/mol. The average Bonchev–Trinajstić information content (AvgIpc) is 2.56. The fourth-order valence-electron chi connectivity index (χ4n) is 3.13. The van der Waals surface area contributed by atoms with Gasteiger partial charge in [0.1, 0.15) is 5.82 Å². The first-order valence-electron chi connectivity index (χ1n) is 7.94. The van der Waals surface area contributed by atoms with Gasteiger partial charge in [0, 0.05) is 18.2 Å². The number of hydrogen-bond donors (Lipinski definition) is 2. The second-order valence-electron chi connectivity index (χ2n) is 6.15. The quantitative estimate of drug-likeness (QED) is 0.903. The van der Waals surface area contributed by atoms with Crippen LogP contribution < -0.4 is 14.8 Å². The number of benzene rings is 1. The van der Waals surface area contributed by atoms with E-state index in [9.17, 15) is 5.11 Å². The summed E-state index contributed by atoms with van der Waals surface area (Å²) in [6.07, 6.45) is 4.26. The van der Waals surface area contributed by atoms with Crippen LogP contribution in [0.25, 0.3) is 11.0 Å². The zero-order valence-electron chi connectivity index (χ0n) is 13.7. The van der Waals surface area contributed by atoms with E-state index in [1.165, 1.54) is 0 Å². The fraction of sp³-hybridized carbons (Fsp3) is 0.529. The van der Waals surface area contributed by atoms with Crippen molar-refractivity contribution in [3.8, 4) is 11.5 Å². The van der Waals surface area contributed by atoms with Crippen LogP contribution in [0.4, 0.5) is 5.82 Å². The highest BCUT2D eigenvalue weighted by Gasteiger charge is 2.26. The maximum atomic E-state index is 9.83. The molecular formula is C17H23N3O3. The maximum absolute atomic E-state index is 9.83. The Morgan fingerprint density at radius 2 is 1.83 bits per heavy atom. The molecule has 1 saturated carbocycles. The summed E-state index contributed by atoms with van der Waals surface area (Å²) in [5.74, 6) is 2.34. The van der Waals surface area contributed by atoms with E-state index in [2.05, 4.69) is 22.2 Å². The highest BCUT2D eigenvalue weighted by molar-refractivity contribution is 5.80. The molecule has 1 fully saturated rings. The summed E-state index contributed by atoms with van der Waals surface area (Å²) < 4.78 is 10.6. The summed E-state index contributed by atoms with van der Waals surface area (Å²) in [5.41, 5.74) is 1.53. The van der Waals surface area contributed by atoms with Gasteiger partial charge in [0.2, 0.25) is 0 Å². The Morgan fingerprint density at radius 3 is 2.48 bits per heavy atom. The maximum Gasteiger partial charge on any atom is 0.163 e. The van der Waals surface area contributed by atoms with Crippen LogP contribution in [0.2, 0.25) is 0 Å². The highest BCUT2D eigenvalue weighted by atomic mass is 16.5. The Balaban J connectivity index is 1.82. The van der Waals surface area contributed by atoms with Crippen molar-refractivity contribution < 1.29 is 14.6 Å². The number of methoxy groups -OCH3 is 2. The van der Waals surface area contributed by atoms with Crippen molar-refractivity contribution >= 4 is 16.9 Å². The number of nitrogens with zero attached hydrogens (tertiary/aromatic N) is 2. The molecule has 1 aliphatic carbocycles. The third kappa shape index (κ3) is 3.32. The largest absolute Gasteiger partial charge is 0.493 e. The van der Waals surface area contributed by atoms with Gasteiger partial charge < -0.3 is 19.9 Å². The van der Waals surface area contributed by atoms with Crippen molar-refractivity contribution in [1.29, 1.82) is 0 Å². The molecule has 2 aromatic rings. The molecule has 3 atom stereocenters. The lowest BCUT2D eigenvalue weighted by atomic mass is 9.84. The van der Waals surface area contributed by atoms with E-state index in [0.717, 1.165) is 36.1 Å². The number of ether oxygens (including phenoxy) is 2. The van der Waals surface area contributed by atoms with Crippen LogP contribution in [0.15, 0.2) is 18.3 Å². The van der Waals surface area contributed by atoms with Gasteiger partial charge in [-0.05, 0) is 25.2 Å². The Labute approximate surface area is 135 Å². The summed E-state index contributed by atoms with van der Waals surface area (Å²) in [7, 11) is 3.21. The van der Waals surface area contributed by atoms with Gasteiger partial charge in [-0.2, -0.15) is 0 Å². The lowest BCUT2D eigenvalue weighted by Crippen LogP contribution is -2.34. The van der Waals surface area contributed by atoms with E-state index in [0.29, 0.717) is 23.5 Å². The third-order valence-corrected chi connectivity index (χ3v) is 4.52. The van der Waals surface area contributed by atoms with Crippen molar-refractivity contribution in [2.45, 2.75) is 38.3 Å². The fourth-order valence-corrected chi connectivity index (χ4v) is 3.13. The molecule has 6 heteroatoms. The van der Waals surface area contributed by atoms with Crippen LogP contribution in [0.1, 0.15) is 26.2 Å². The van der Waals surface area contributed by atoms with E-state index < -0.39 is 0 Å². The van der Waals surface area contributed by atoms with Crippen LogP contribution in [0.5, 0.6) is 11.5 Å². The number of hydrogen-bond acceptors (Lipinski definition) is 6. The molecule has 124 valence electrons. The molecule has 0 spiro atoms. The second-order valence-corrected chi connectivity index (χ2v) is 6.15. The molecule has 0 amide bonds. The molecule has 0 aliphatic heterocycles. The van der Waals surface area contributed by atoms with Gasteiger partial charge in [0.25, 0.3) is 0 Å².